The molecule has 0 N–H and O–H groups in total. The van der Waals surface area contributed by atoms with Crippen molar-refractivity contribution in [3.63, 3.8) is 0 Å². The Balaban J connectivity index is 1.98. The number of fused-ring (bicyclic) bond motifs is 2. The Hall–Kier alpha value is -0.870. The van der Waals surface area contributed by atoms with Crippen LogP contribution in [0.2, 0.25) is 0 Å². The lowest BCUT2D eigenvalue weighted by Crippen LogP contribution is -2.43. The molecule has 1 aromatic carbocycles. The predicted octanol–water partition coefficient (Wildman–Crippen LogP) is 2.56. The highest BCUT2D eigenvalue weighted by atomic mass is 32.2. The zero-order valence-electron chi connectivity index (χ0n) is 10.8. The van der Waals surface area contributed by atoms with Gasteiger partial charge in [-0.1, -0.05) is 17.7 Å². The molecule has 2 bridgehead atoms. The van der Waals surface area contributed by atoms with Gasteiger partial charge < -0.3 is 0 Å². The van der Waals surface area contributed by atoms with Crippen LogP contribution in [-0.2, 0) is 10.0 Å². The first kappa shape index (κ1) is 12.2. The van der Waals surface area contributed by atoms with E-state index in [1.54, 1.807) is 16.4 Å². The highest BCUT2D eigenvalue weighted by Gasteiger charge is 2.49. The van der Waals surface area contributed by atoms with Gasteiger partial charge in [0.25, 0.3) is 0 Å². The van der Waals surface area contributed by atoms with E-state index < -0.39 is 10.0 Å². The summed E-state index contributed by atoms with van der Waals surface area (Å²) in [6, 6.07) is 7.58. The second kappa shape index (κ2) is 4.07. The number of hydrogen-bond acceptors (Lipinski definition) is 2. The molecule has 18 heavy (non-hydrogen) atoms. The number of piperidine rings is 1. The van der Waals surface area contributed by atoms with E-state index in [0.29, 0.717) is 10.8 Å². The number of rotatable bonds is 2. The van der Waals surface area contributed by atoms with Crippen LogP contribution in [0.1, 0.15) is 31.7 Å². The standard InChI is InChI=1S/C14H19NO2S/c1-10-3-7-14(8-4-10)18(16,17)15-11(2)12-5-6-13(15)9-12/h3-4,7-8,11-13H,5-6,9H2,1-2H3/t11-,12?,13?/m1/s1. The van der Waals surface area contributed by atoms with E-state index in [9.17, 15) is 8.42 Å². The summed E-state index contributed by atoms with van der Waals surface area (Å²) in [5, 5.41) is 0. The van der Waals surface area contributed by atoms with Crippen molar-refractivity contribution in [2.24, 2.45) is 5.92 Å². The van der Waals surface area contributed by atoms with Gasteiger partial charge in [0.2, 0.25) is 10.0 Å². The van der Waals surface area contributed by atoms with E-state index in [0.717, 1.165) is 18.4 Å². The predicted molar refractivity (Wildman–Crippen MR) is 70.8 cm³/mol. The minimum atomic E-state index is -3.30. The lowest BCUT2D eigenvalue weighted by molar-refractivity contribution is 0.259. The molecule has 3 nitrogen and oxygen atoms in total. The van der Waals surface area contributed by atoms with Crippen molar-refractivity contribution < 1.29 is 8.42 Å². The third-order valence-electron chi connectivity index (χ3n) is 4.49. The maximum Gasteiger partial charge on any atom is 0.243 e. The van der Waals surface area contributed by atoms with Gasteiger partial charge in [-0.2, -0.15) is 4.31 Å². The van der Waals surface area contributed by atoms with Gasteiger partial charge in [-0.25, -0.2) is 8.42 Å². The molecule has 98 valence electrons. The first-order valence-corrected chi connectivity index (χ1v) is 8.04. The van der Waals surface area contributed by atoms with Crippen LogP contribution < -0.4 is 0 Å². The fourth-order valence-corrected chi connectivity index (χ4v) is 5.37. The molecule has 3 atom stereocenters. The monoisotopic (exact) mass is 265 g/mol. The molecule has 2 fully saturated rings. The second-order valence-corrected chi connectivity index (χ2v) is 7.46. The molecule has 1 aliphatic carbocycles. The van der Waals surface area contributed by atoms with Crippen LogP contribution in [0, 0.1) is 12.8 Å². The summed E-state index contributed by atoms with van der Waals surface area (Å²) < 4.78 is 27.1. The van der Waals surface area contributed by atoms with Crippen LogP contribution in [-0.4, -0.2) is 24.8 Å². The molecule has 2 aliphatic rings. The van der Waals surface area contributed by atoms with E-state index >= 15 is 0 Å². The van der Waals surface area contributed by atoms with E-state index in [1.165, 1.54) is 6.42 Å². The normalized spacial score (nSPS) is 32.0. The highest BCUT2D eigenvalue weighted by molar-refractivity contribution is 7.89. The number of nitrogens with zero attached hydrogens (tertiary/aromatic N) is 1. The van der Waals surface area contributed by atoms with Crippen molar-refractivity contribution in [2.45, 2.75) is 50.1 Å². The maximum atomic E-state index is 12.7. The molecular formula is C14H19NO2S. The molecular weight excluding hydrogens is 246 g/mol. The summed E-state index contributed by atoms with van der Waals surface area (Å²) in [4.78, 5) is 0.438. The summed E-state index contributed by atoms with van der Waals surface area (Å²) in [5.41, 5.74) is 1.09. The molecule has 2 unspecified atom stereocenters. The van der Waals surface area contributed by atoms with Crippen molar-refractivity contribution >= 4 is 10.0 Å². The molecule has 0 radical (unpaired) electrons. The fraction of sp³-hybridized carbons (Fsp3) is 0.571. The van der Waals surface area contributed by atoms with E-state index in [-0.39, 0.29) is 12.1 Å². The molecule has 0 spiro atoms. The molecule has 4 heteroatoms. The Kier molecular flexibility index (Phi) is 2.75. The van der Waals surface area contributed by atoms with Crippen LogP contribution in [0.5, 0.6) is 0 Å². The lowest BCUT2D eigenvalue weighted by Gasteiger charge is -2.32. The van der Waals surface area contributed by atoms with E-state index in [2.05, 4.69) is 6.92 Å². The van der Waals surface area contributed by atoms with Gasteiger partial charge in [-0.05, 0) is 51.2 Å². The van der Waals surface area contributed by atoms with Gasteiger partial charge >= 0.3 is 0 Å². The number of hydrogen-bond donors (Lipinski definition) is 0. The summed E-state index contributed by atoms with van der Waals surface area (Å²) in [6.45, 7) is 4.02. The summed E-state index contributed by atoms with van der Waals surface area (Å²) in [6.07, 6.45) is 3.26. The summed E-state index contributed by atoms with van der Waals surface area (Å²) in [7, 11) is -3.30. The van der Waals surface area contributed by atoms with Crippen LogP contribution in [0.4, 0.5) is 0 Å². The zero-order valence-corrected chi connectivity index (χ0v) is 11.7. The van der Waals surface area contributed by atoms with Crippen molar-refractivity contribution in [1.29, 1.82) is 0 Å². The van der Waals surface area contributed by atoms with Gasteiger partial charge in [-0.15, -0.1) is 0 Å². The Labute approximate surface area is 109 Å². The van der Waals surface area contributed by atoms with Crippen LogP contribution in [0.3, 0.4) is 0 Å². The average Bonchev–Trinajstić information content (AvgIpc) is 2.89. The van der Waals surface area contributed by atoms with Gasteiger partial charge in [0.15, 0.2) is 0 Å². The molecule has 1 heterocycles. The minimum Gasteiger partial charge on any atom is -0.207 e. The third kappa shape index (κ3) is 1.70. The Morgan fingerprint density at radius 1 is 1.17 bits per heavy atom. The second-order valence-electron chi connectivity index (χ2n) is 5.62. The molecule has 1 aliphatic heterocycles. The van der Waals surface area contributed by atoms with Crippen molar-refractivity contribution in [2.75, 3.05) is 0 Å². The van der Waals surface area contributed by atoms with Crippen LogP contribution >= 0.6 is 0 Å². The van der Waals surface area contributed by atoms with Gasteiger partial charge in [0.05, 0.1) is 4.90 Å². The highest BCUT2D eigenvalue weighted by Crippen LogP contribution is 2.44. The smallest absolute Gasteiger partial charge is 0.207 e. The Morgan fingerprint density at radius 3 is 2.39 bits per heavy atom. The Morgan fingerprint density at radius 2 is 1.83 bits per heavy atom. The topological polar surface area (TPSA) is 37.4 Å². The average molecular weight is 265 g/mol. The summed E-state index contributed by atoms with van der Waals surface area (Å²) in [5.74, 6) is 0.565. The molecule has 1 aromatic rings. The van der Waals surface area contributed by atoms with Crippen LogP contribution in [0.25, 0.3) is 0 Å². The SMILES string of the molecule is Cc1ccc(S(=O)(=O)N2C3CCC(C3)[C@H]2C)cc1. The minimum absolute atomic E-state index is 0.162. The number of sulfonamides is 1. The van der Waals surface area contributed by atoms with E-state index in [4.69, 9.17) is 0 Å². The number of benzene rings is 1. The molecule has 0 aromatic heterocycles. The first-order valence-electron chi connectivity index (χ1n) is 6.60. The lowest BCUT2D eigenvalue weighted by atomic mass is 10.0. The zero-order chi connectivity index (χ0) is 12.9. The molecule has 3 rings (SSSR count). The number of aryl methyl sites for hydroxylation is 1. The van der Waals surface area contributed by atoms with Crippen molar-refractivity contribution in [1.82, 2.24) is 4.31 Å². The Bertz CT molecular complexity index is 548. The molecule has 0 amide bonds. The van der Waals surface area contributed by atoms with Gasteiger partial charge in [0.1, 0.15) is 0 Å². The largest absolute Gasteiger partial charge is 0.243 e. The van der Waals surface area contributed by atoms with E-state index in [1.807, 2.05) is 19.1 Å². The van der Waals surface area contributed by atoms with Crippen molar-refractivity contribution in [3.05, 3.63) is 29.8 Å². The van der Waals surface area contributed by atoms with Crippen LogP contribution in [0.15, 0.2) is 29.2 Å². The third-order valence-corrected chi connectivity index (χ3v) is 6.54. The first-order chi connectivity index (χ1) is 8.50. The van der Waals surface area contributed by atoms with Crippen molar-refractivity contribution in [3.8, 4) is 0 Å². The van der Waals surface area contributed by atoms with Gasteiger partial charge in [0, 0.05) is 12.1 Å². The van der Waals surface area contributed by atoms with Gasteiger partial charge in [-0.3, -0.25) is 0 Å². The quantitative estimate of drug-likeness (QED) is 0.824. The maximum absolute atomic E-state index is 12.7. The summed E-state index contributed by atoms with van der Waals surface area (Å²) >= 11 is 0. The molecule has 1 saturated carbocycles. The fourth-order valence-electron chi connectivity index (χ4n) is 3.45. The molecule has 1 saturated heterocycles.